The molecular formula is C39H34Cl2N8O. The smallest absolute Gasteiger partial charge is 0.156 e. The lowest BCUT2D eigenvalue weighted by molar-refractivity contribution is 0.175. The molecule has 6 heterocycles. The summed E-state index contributed by atoms with van der Waals surface area (Å²) < 4.78 is 2.15. The average Bonchev–Trinajstić information content (AvgIpc) is 3.73. The number of aromatic nitrogens is 5. The number of nitrogens with one attached hydrogen (secondary N) is 2. The van der Waals surface area contributed by atoms with Crippen LogP contribution in [0.3, 0.4) is 0 Å². The summed E-state index contributed by atoms with van der Waals surface area (Å²) in [6.07, 6.45) is 12.0. The van der Waals surface area contributed by atoms with Gasteiger partial charge in [-0.3, -0.25) is 14.9 Å². The molecule has 1 aliphatic rings. The molecule has 0 spiro atoms. The molecule has 11 heteroatoms. The molecule has 7 aromatic rings. The first-order valence-corrected chi connectivity index (χ1v) is 17.2. The van der Waals surface area contributed by atoms with Crippen LogP contribution in [-0.2, 0) is 13.1 Å². The van der Waals surface area contributed by atoms with Gasteiger partial charge in [0.15, 0.2) is 11.6 Å². The highest BCUT2D eigenvalue weighted by Crippen LogP contribution is 2.42. The number of aliphatic hydroxyl groups is 1. The number of fused-ring (bicyclic) bond motifs is 2. The van der Waals surface area contributed by atoms with E-state index in [0.29, 0.717) is 39.6 Å². The lowest BCUT2D eigenvalue weighted by Crippen LogP contribution is -2.21. The predicted octanol–water partition coefficient (Wildman–Crippen LogP) is 8.76. The van der Waals surface area contributed by atoms with E-state index < -0.39 is 0 Å². The van der Waals surface area contributed by atoms with Crippen molar-refractivity contribution < 1.29 is 5.11 Å². The lowest BCUT2D eigenvalue weighted by atomic mass is 10.0. The molecule has 1 atom stereocenters. The van der Waals surface area contributed by atoms with E-state index in [1.165, 1.54) is 5.56 Å². The van der Waals surface area contributed by atoms with E-state index in [0.717, 1.165) is 70.1 Å². The molecule has 0 bridgehead atoms. The largest absolute Gasteiger partial charge is 0.392 e. The summed E-state index contributed by atoms with van der Waals surface area (Å²) in [7, 11) is 0. The topological polar surface area (TPSA) is 104 Å². The van der Waals surface area contributed by atoms with Crippen LogP contribution in [0.5, 0.6) is 0 Å². The number of hydrogen-bond donors (Lipinski definition) is 3. The van der Waals surface area contributed by atoms with E-state index in [2.05, 4.69) is 67.6 Å². The highest BCUT2D eigenvalue weighted by atomic mass is 35.5. The molecule has 50 heavy (non-hydrogen) atoms. The standard InChI is InChI=1S/C39H34Cl2N8O/c1-24-10-14-48(20-24)21-25-16-27-8-12-42-38(36(27)44-18-25)46-32-6-2-4-30(34(32)40)31-5-3-7-33(35(31)41)47-39-37-28(9-13-43-39)17-26(19-45-37)22-49-15-11-29(50)23-49/h2-10,12-14,16-20,29,50H,11,15,21-23H2,1H3,(H,42,46)(H,43,47)/t29-/m1/s1. The Morgan fingerprint density at radius 3 is 1.86 bits per heavy atom. The van der Waals surface area contributed by atoms with Gasteiger partial charge >= 0.3 is 0 Å². The van der Waals surface area contributed by atoms with E-state index in [1.54, 1.807) is 12.4 Å². The van der Waals surface area contributed by atoms with Crippen LogP contribution in [0.2, 0.25) is 10.0 Å². The maximum atomic E-state index is 9.91. The minimum Gasteiger partial charge on any atom is -0.392 e. The van der Waals surface area contributed by atoms with Gasteiger partial charge in [0.25, 0.3) is 0 Å². The van der Waals surface area contributed by atoms with Crippen LogP contribution in [-0.4, -0.2) is 53.7 Å². The molecular weight excluding hydrogens is 667 g/mol. The second-order valence-corrected chi connectivity index (χ2v) is 13.5. The van der Waals surface area contributed by atoms with Gasteiger partial charge in [0.05, 0.1) is 27.5 Å². The number of aryl methyl sites for hydroxylation is 1. The molecule has 3 N–H and O–H groups in total. The van der Waals surface area contributed by atoms with Gasteiger partial charge in [-0.2, -0.15) is 0 Å². The van der Waals surface area contributed by atoms with Gasteiger partial charge < -0.3 is 20.3 Å². The molecule has 250 valence electrons. The van der Waals surface area contributed by atoms with Crippen LogP contribution in [0.4, 0.5) is 23.0 Å². The SMILES string of the molecule is Cc1ccn(Cc2cnc3c(Nc4cccc(-c5cccc(Nc6nccc7cc(CN8CC[C@@H](O)C8)cnc67)c5Cl)c4Cl)nccc3c2)c1. The zero-order valence-electron chi connectivity index (χ0n) is 27.3. The lowest BCUT2D eigenvalue weighted by Gasteiger charge is -2.17. The third kappa shape index (κ3) is 6.60. The molecule has 0 saturated carbocycles. The van der Waals surface area contributed by atoms with Crippen molar-refractivity contribution in [1.82, 2.24) is 29.4 Å². The van der Waals surface area contributed by atoms with Gasteiger partial charge in [0.2, 0.25) is 0 Å². The number of halogens is 2. The molecule has 5 aromatic heterocycles. The first-order valence-electron chi connectivity index (χ1n) is 16.5. The Bertz CT molecular complexity index is 2360. The van der Waals surface area contributed by atoms with Crippen LogP contribution in [0.15, 0.2) is 104 Å². The number of β-amino-alcohol motifs (C(OH)–C–C–N with tert-alkyl or cyclic N) is 1. The maximum Gasteiger partial charge on any atom is 0.156 e. The summed E-state index contributed by atoms with van der Waals surface area (Å²) in [6.45, 7) is 5.14. The van der Waals surface area contributed by atoms with E-state index in [1.807, 2.05) is 60.9 Å². The Balaban J connectivity index is 1.04. The Morgan fingerprint density at radius 2 is 1.34 bits per heavy atom. The third-order valence-corrected chi connectivity index (χ3v) is 9.84. The maximum absolute atomic E-state index is 9.91. The van der Waals surface area contributed by atoms with Gasteiger partial charge in [0.1, 0.15) is 11.0 Å². The van der Waals surface area contributed by atoms with E-state index in [4.69, 9.17) is 33.2 Å². The van der Waals surface area contributed by atoms with Crippen LogP contribution in [0, 0.1) is 6.92 Å². The second kappa shape index (κ2) is 13.7. The van der Waals surface area contributed by atoms with Crippen LogP contribution in [0.25, 0.3) is 32.9 Å². The zero-order valence-corrected chi connectivity index (χ0v) is 28.8. The Labute approximate surface area is 299 Å². The molecule has 0 unspecified atom stereocenters. The molecule has 0 amide bonds. The van der Waals surface area contributed by atoms with E-state index in [9.17, 15) is 5.11 Å². The van der Waals surface area contributed by atoms with Crippen molar-refractivity contribution >= 4 is 68.0 Å². The van der Waals surface area contributed by atoms with Crippen molar-refractivity contribution in [2.75, 3.05) is 23.7 Å². The molecule has 1 saturated heterocycles. The predicted molar refractivity (Wildman–Crippen MR) is 202 cm³/mol. The molecule has 1 fully saturated rings. The van der Waals surface area contributed by atoms with Gasteiger partial charge in [-0.05, 0) is 72.5 Å². The number of nitrogens with zero attached hydrogens (tertiary/aromatic N) is 6. The van der Waals surface area contributed by atoms with Crippen molar-refractivity contribution in [2.45, 2.75) is 32.5 Å². The number of benzene rings is 2. The van der Waals surface area contributed by atoms with Crippen molar-refractivity contribution in [1.29, 1.82) is 0 Å². The van der Waals surface area contributed by atoms with Gasteiger partial charge in [0, 0.05) is 85.3 Å². The fourth-order valence-electron chi connectivity index (χ4n) is 6.58. The minimum atomic E-state index is -0.254. The quantitative estimate of drug-likeness (QED) is 0.137. The molecule has 1 aliphatic heterocycles. The summed E-state index contributed by atoms with van der Waals surface area (Å²) in [6, 6.07) is 21.9. The number of hydrogen-bond acceptors (Lipinski definition) is 8. The van der Waals surface area contributed by atoms with Crippen LogP contribution < -0.4 is 10.6 Å². The second-order valence-electron chi connectivity index (χ2n) is 12.8. The van der Waals surface area contributed by atoms with Gasteiger partial charge in [-0.1, -0.05) is 47.5 Å². The van der Waals surface area contributed by atoms with Crippen LogP contribution in [0.1, 0.15) is 23.1 Å². The third-order valence-electron chi connectivity index (χ3n) is 9.02. The molecule has 9 nitrogen and oxygen atoms in total. The molecule has 8 rings (SSSR count). The number of pyridine rings is 4. The normalized spacial score (nSPS) is 14.8. The first-order chi connectivity index (χ1) is 24.4. The number of anilines is 4. The first kappa shape index (κ1) is 32.2. The minimum absolute atomic E-state index is 0.254. The van der Waals surface area contributed by atoms with E-state index >= 15 is 0 Å². The fraction of sp³-hybridized carbons (Fsp3) is 0.179. The van der Waals surface area contributed by atoms with E-state index in [-0.39, 0.29) is 6.10 Å². The molecule has 0 radical (unpaired) electrons. The van der Waals surface area contributed by atoms with Crippen molar-refractivity contribution in [3.05, 3.63) is 131 Å². The Kier molecular flexibility index (Phi) is 8.80. The van der Waals surface area contributed by atoms with Crippen molar-refractivity contribution in [3.63, 3.8) is 0 Å². The zero-order chi connectivity index (χ0) is 34.2. The molecule has 2 aromatic carbocycles. The summed E-state index contributed by atoms with van der Waals surface area (Å²) >= 11 is 14.1. The summed E-state index contributed by atoms with van der Waals surface area (Å²) in [5, 5.41) is 19.7. The molecule has 0 aliphatic carbocycles. The number of rotatable bonds is 9. The monoisotopic (exact) mass is 700 g/mol. The Hall–Kier alpha value is -5.06. The highest BCUT2D eigenvalue weighted by Gasteiger charge is 2.21. The highest BCUT2D eigenvalue weighted by molar-refractivity contribution is 6.39. The van der Waals surface area contributed by atoms with Crippen molar-refractivity contribution in [2.24, 2.45) is 0 Å². The Morgan fingerprint density at radius 1 is 0.760 bits per heavy atom. The number of aliphatic hydroxyl groups excluding tert-OH is 1. The van der Waals surface area contributed by atoms with Crippen LogP contribution >= 0.6 is 23.2 Å². The average molecular weight is 702 g/mol. The summed E-state index contributed by atoms with van der Waals surface area (Å²) in [5.74, 6) is 1.22. The summed E-state index contributed by atoms with van der Waals surface area (Å²) in [5.41, 5.74) is 7.82. The summed E-state index contributed by atoms with van der Waals surface area (Å²) in [4.78, 5) is 21.0. The number of likely N-dealkylation sites (tertiary alicyclic amines) is 1. The van der Waals surface area contributed by atoms with Gasteiger partial charge in [-0.15, -0.1) is 0 Å². The van der Waals surface area contributed by atoms with Gasteiger partial charge in [-0.25, -0.2) is 9.97 Å². The van der Waals surface area contributed by atoms with Crippen molar-refractivity contribution in [3.8, 4) is 11.1 Å². The fourth-order valence-corrected chi connectivity index (χ4v) is 7.13.